The zero-order valence-electron chi connectivity index (χ0n) is 11.9. The van der Waals surface area contributed by atoms with E-state index >= 15 is 0 Å². The molecule has 0 radical (unpaired) electrons. The predicted octanol–water partition coefficient (Wildman–Crippen LogP) is -0.128. The molecular formula is C14H17N3O4. The molecule has 21 heavy (non-hydrogen) atoms. The summed E-state index contributed by atoms with van der Waals surface area (Å²) in [6.07, 6.45) is 2.47. The third kappa shape index (κ3) is 1.88. The van der Waals surface area contributed by atoms with Crippen LogP contribution >= 0.6 is 0 Å². The van der Waals surface area contributed by atoms with E-state index in [1.54, 1.807) is 4.90 Å². The van der Waals surface area contributed by atoms with Crippen LogP contribution in [-0.2, 0) is 6.54 Å². The summed E-state index contributed by atoms with van der Waals surface area (Å²) < 4.78 is 1.51. The van der Waals surface area contributed by atoms with Gasteiger partial charge >= 0.3 is 0 Å². The number of nitrogens with zero attached hydrogens (tertiary/aromatic N) is 3. The molecule has 0 aromatic carbocycles. The van der Waals surface area contributed by atoms with Crippen LogP contribution in [0.15, 0.2) is 11.0 Å². The molecule has 1 aromatic heterocycles. The number of likely N-dealkylation sites (N-methyl/N-ethyl adjacent to an activating group) is 1. The van der Waals surface area contributed by atoms with Gasteiger partial charge in [-0.1, -0.05) is 0 Å². The lowest BCUT2D eigenvalue weighted by atomic mass is 10.0. The fourth-order valence-corrected chi connectivity index (χ4v) is 3.17. The summed E-state index contributed by atoms with van der Waals surface area (Å²) in [7, 11) is 1.94. The summed E-state index contributed by atoms with van der Waals surface area (Å²) in [4.78, 5) is 39.2. The van der Waals surface area contributed by atoms with Gasteiger partial charge in [0.1, 0.15) is 6.17 Å². The Morgan fingerprint density at radius 2 is 2.10 bits per heavy atom. The maximum atomic E-state index is 12.7. The number of carbonyl (C=O) groups is 2. The van der Waals surface area contributed by atoms with E-state index in [4.69, 9.17) is 0 Å². The Morgan fingerprint density at radius 1 is 1.38 bits per heavy atom. The first-order valence-electron chi connectivity index (χ1n) is 6.90. The van der Waals surface area contributed by atoms with Crippen molar-refractivity contribution in [2.24, 2.45) is 0 Å². The lowest BCUT2D eigenvalue weighted by Gasteiger charge is -2.49. The van der Waals surface area contributed by atoms with Gasteiger partial charge in [0, 0.05) is 18.8 Å². The SMILES string of the molecule is CC1CCN(C)C2Cn3cc(C=O)c(=O)c(O)c3C(=O)N12. The first-order valence-corrected chi connectivity index (χ1v) is 6.90. The minimum atomic E-state index is -0.791. The van der Waals surface area contributed by atoms with Crippen LogP contribution in [0.5, 0.6) is 5.75 Å². The maximum Gasteiger partial charge on any atom is 0.276 e. The molecule has 7 nitrogen and oxygen atoms in total. The second-order valence-electron chi connectivity index (χ2n) is 5.69. The topological polar surface area (TPSA) is 82.9 Å². The average molecular weight is 291 g/mol. The maximum absolute atomic E-state index is 12.7. The van der Waals surface area contributed by atoms with E-state index in [9.17, 15) is 19.5 Å². The van der Waals surface area contributed by atoms with Crippen molar-refractivity contribution in [3.8, 4) is 5.75 Å². The molecular weight excluding hydrogens is 274 g/mol. The molecule has 2 unspecified atom stereocenters. The van der Waals surface area contributed by atoms with Gasteiger partial charge in [-0.15, -0.1) is 0 Å². The van der Waals surface area contributed by atoms with Crippen molar-refractivity contribution in [2.45, 2.75) is 32.1 Å². The lowest BCUT2D eigenvalue weighted by Crippen LogP contribution is -2.62. The molecule has 1 aromatic rings. The molecule has 1 saturated heterocycles. The van der Waals surface area contributed by atoms with E-state index in [2.05, 4.69) is 4.90 Å². The van der Waals surface area contributed by atoms with Crippen LogP contribution in [0, 0.1) is 0 Å². The zero-order chi connectivity index (χ0) is 15.3. The minimum absolute atomic E-state index is 0.0241. The Labute approximate surface area is 121 Å². The molecule has 1 amide bonds. The van der Waals surface area contributed by atoms with Gasteiger partial charge < -0.3 is 14.6 Å². The predicted molar refractivity (Wildman–Crippen MR) is 74.4 cm³/mol. The molecule has 2 aliphatic rings. The van der Waals surface area contributed by atoms with Crippen molar-refractivity contribution in [1.82, 2.24) is 14.4 Å². The third-order valence-electron chi connectivity index (χ3n) is 4.41. The number of fused-ring (bicyclic) bond motifs is 2. The van der Waals surface area contributed by atoms with Crippen LogP contribution in [0.1, 0.15) is 34.2 Å². The second-order valence-corrected chi connectivity index (χ2v) is 5.69. The van der Waals surface area contributed by atoms with Crippen LogP contribution in [-0.4, -0.2) is 57.5 Å². The number of carbonyl (C=O) groups excluding carboxylic acids is 2. The van der Waals surface area contributed by atoms with E-state index in [0.29, 0.717) is 12.8 Å². The van der Waals surface area contributed by atoms with E-state index in [1.807, 2.05) is 14.0 Å². The largest absolute Gasteiger partial charge is 0.503 e. The summed E-state index contributed by atoms with van der Waals surface area (Å²) >= 11 is 0. The normalized spacial score (nSPS) is 25.4. The van der Waals surface area contributed by atoms with E-state index in [1.165, 1.54) is 10.8 Å². The Kier molecular flexibility index (Phi) is 3.09. The first kappa shape index (κ1) is 13.8. The van der Waals surface area contributed by atoms with Gasteiger partial charge in [-0.3, -0.25) is 19.3 Å². The second kappa shape index (κ2) is 4.70. The molecule has 0 bridgehead atoms. The van der Waals surface area contributed by atoms with Gasteiger partial charge in [0.25, 0.3) is 5.91 Å². The molecule has 2 aliphatic heterocycles. The average Bonchev–Trinajstić information content (AvgIpc) is 2.46. The van der Waals surface area contributed by atoms with Crippen LogP contribution in [0.3, 0.4) is 0 Å². The number of rotatable bonds is 1. The van der Waals surface area contributed by atoms with Gasteiger partial charge in [-0.2, -0.15) is 0 Å². The summed E-state index contributed by atoms with van der Waals surface area (Å²) in [5.74, 6) is -0.999. The highest BCUT2D eigenvalue weighted by atomic mass is 16.3. The zero-order valence-corrected chi connectivity index (χ0v) is 11.9. The fourth-order valence-electron chi connectivity index (χ4n) is 3.17. The fraction of sp³-hybridized carbons (Fsp3) is 0.500. The number of aldehydes is 1. The molecule has 7 heteroatoms. The van der Waals surface area contributed by atoms with Gasteiger partial charge in [0.05, 0.1) is 12.1 Å². The first-order chi connectivity index (χ1) is 9.95. The molecule has 0 aliphatic carbocycles. The number of aromatic hydroxyl groups is 1. The van der Waals surface area contributed by atoms with Gasteiger partial charge in [-0.25, -0.2) is 0 Å². The van der Waals surface area contributed by atoms with Crippen molar-refractivity contribution in [3.63, 3.8) is 0 Å². The summed E-state index contributed by atoms with van der Waals surface area (Å²) in [6.45, 7) is 3.26. The van der Waals surface area contributed by atoms with E-state index < -0.39 is 11.2 Å². The van der Waals surface area contributed by atoms with Gasteiger partial charge in [0.15, 0.2) is 17.7 Å². The molecule has 3 heterocycles. The van der Waals surface area contributed by atoms with Gasteiger partial charge in [0.2, 0.25) is 5.43 Å². The molecule has 2 atom stereocenters. The van der Waals surface area contributed by atoms with Crippen molar-refractivity contribution in [1.29, 1.82) is 0 Å². The van der Waals surface area contributed by atoms with Crippen molar-refractivity contribution in [3.05, 3.63) is 27.7 Å². The standard InChI is InChI=1S/C14H17N3O4/c1-8-3-4-15(2)10-6-16-5-9(7-18)12(19)13(20)11(16)14(21)17(8)10/h5,7-8,10,20H,3-4,6H2,1-2H3. The van der Waals surface area contributed by atoms with Crippen molar-refractivity contribution < 1.29 is 14.7 Å². The highest BCUT2D eigenvalue weighted by Gasteiger charge is 2.41. The Hall–Kier alpha value is -2.15. The third-order valence-corrected chi connectivity index (χ3v) is 4.41. The molecule has 1 N–H and O–H groups in total. The van der Waals surface area contributed by atoms with E-state index in [0.717, 1.165) is 13.0 Å². The highest BCUT2D eigenvalue weighted by Crippen LogP contribution is 2.29. The van der Waals surface area contributed by atoms with Crippen LogP contribution in [0.4, 0.5) is 0 Å². The lowest BCUT2D eigenvalue weighted by molar-refractivity contribution is -0.0209. The molecule has 112 valence electrons. The molecule has 0 spiro atoms. The molecule has 1 fully saturated rings. The smallest absolute Gasteiger partial charge is 0.276 e. The highest BCUT2D eigenvalue weighted by molar-refractivity contribution is 5.97. The van der Waals surface area contributed by atoms with Crippen molar-refractivity contribution >= 4 is 12.2 Å². The van der Waals surface area contributed by atoms with Crippen LogP contribution in [0.25, 0.3) is 0 Å². The van der Waals surface area contributed by atoms with Crippen LogP contribution < -0.4 is 5.43 Å². The summed E-state index contributed by atoms with van der Waals surface area (Å²) in [6, 6.07) is 0.0488. The van der Waals surface area contributed by atoms with E-state index in [-0.39, 0.29) is 29.4 Å². The summed E-state index contributed by atoms with van der Waals surface area (Å²) in [5, 5.41) is 10.0. The Balaban J connectivity index is 2.19. The van der Waals surface area contributed by atoms with Crippen LogP contribution in [0.2, 0.25) is 0 Å². The molecule has 0 saturated carbocycles. The van der Waals surface area contributed by atoms with Gasteiger partial charge in [-0.05, 0) is 20.4 Å². The molecule has 3 rings (SSSR count). The number of pyridine rings is 1. The summed E-state index contributed by atoms with van der Waals surface area (Å²) in [5.41, 5.74) is -0.950. The number of hydrogen-bond acceptors (Lipinski definition) is 5. The Bertz CT molecular complexity index is 682. The van der Waals surface area contributed by atoms with Crippen molar-refractivity contribution in [2.75, 3.05) is 13.6 Å². The minimum Gasteiger partial charge on any atom is -0.503 e. The number of aromatic nitrogens is 1. The monoisotopic (exact) mass is 291 g/mol. The number of amides is 1. The number of hydrogen-bond donors (Lipinski definition) is 1. The Morgan fingerprint density at radius 3 is 2.76 bits per heavy atom. The quantitative estimate of drug-likeness (QED) is 0.729.